The summed E-state index contributed by atoms with van der Waals surface area (Å²) in [5.41, 5.74) is 3.81. The molecule has 1 aliphatic carbocycles. The van der Waals surface area contributed by atoms with Gasteiger partial charge in [0.2, 0.25) is 0 Å². The molecule has 174 valence electrons. The van der Waals surface area contributed by atoms with Crippen molar-refractivity contribution in [3.63, 3.8) is 0 Å². The Labute approximate surface area is 200 Å². The van der Waals surface area contributed by atoms with Gasteiger partial charge < -0.3 is 15.5 Å². The van der Waals surface area contributed by atoms with Crippen LogP contribution in [-0.4, -0.2) is 46.1 Å². The maximum atomic E-state index is 5.15. The van der Waals surface area contributed by atoms with Crippen molar-refractivity contribution in [1.82, 2.24) is 25.3 Å². The maximum Gasteiger partial charge on any atom is 0.162 e. The Balaban J connectivity index is 1.57. The summed E-state index contributed by atoms with van der Waals surface area (Å²) in [4.78, 5) is 21.4. The molecule has 2 fully saturated rings. The fourth-order valence-corrected chi connectivity index (χ4v) is 4.57. The van der Waals surface area contributed by atoms with Gasteiger partial charge in [0, 0.05) is 42.1 Å². The minimum atomic E-state index is 0.446. The maximum absolute atomic E-state index is 5.15. The summed E-state index contributed by atoms with van der Waals surface area (Å²) in [5, 5.41) is 7.84. The van der Waals surface area contributed by atoms with Crippen molar-refractivity contribution in [2.75, 3.05) is 30.4 Å². The molecule has 7 heteroatoms. The van der Waals surface area contributed by atoms with E-state index in [0.29, 0.717) is 23.6 Å². The van der Waals surface area contributed by atoms with Crippen LogP contribution in [0.1, 0.15) is 37.2 Å². The fourth-order valence-electron chi connectivity index (χ4n) is 4.57. The first-order valence-corrected chi connectivity index (χ1v) is 11.9. The number of anilines is 2. The lowest BCUT2D eigenvalue weighted by Gasteiger charge is -2.33. The molecule has 0 radical (unpaired) electrons. The first-order valence-electron chi connectivity index (χ1n) is 11.9. The Morgan fingerprint density at radius 1 is 1.18 bits per heavy atom. The normalized spacial score (nSPS) is 16.6. The Morgan fingerprint density at radius 3 is 2.76 bits per heavy atom. The molecular weight excluding hydrogens is 422 g/mol. The second-order valence-corrected chi connectivity index (χ2v) is 9.03. The molecule has 1 aliphatic heterocycles. The number of aromatic nitrogens is 4. The van der Waals surface area contributed by atoms with Crippen molar-refractivity contribution in [3.05, 3.63) is 73.4 Å². The minimum absolute atomic E-state index is 0.446. The van der Waals surface area contributed by atoms with E-state index < -0.39 is 0 Å². The predicted molar refractivity (Wildman–Crippen MR) is 139 cm³/mol. The van der Waals surface area contributed by atoms with Gasteiger partial charge in [-0.1, -0.05) is 25.3 Å². The van der Waals surface area contributed by atoms with E-state index in [9.17, 15) is 0 Å². The predicted octanol–water partition coefficient (Wildman–Crippen LogP) is 4.82. The van der Waals surface area contributed by atoms with Crippen LogP contribution in [0.15, 0.2) is 67.8 Å². The molecule has 4 heterocycles. The highest BCUT2D eigenvalue weighted by atomic mass is 15.2. The van der Waals surface area contributed by atoms with Crippen LogP contribution in [0, 0.1) is 0 Å². The van der Waals surface area contributed by atoms with E-state index >= 15 is 0 Å². The summed E-state index contributed by atoms with van der Waals surface area (Å²) in [6.45, 7) is 9.78. The van der Waals surface area contributed by atoms with Gasteiger partial charge in [-0.2, -0.15) is 0 Å². The average Bonchev–Trinajstić information content (AvgIpc) is 3.72. The summed E-state index contributed by atoms with van der Waals surface area (Å²) in [6.07, 6.45) is 15.7. The lowest BCUT2D eigenvalue weighted by molar-refractivity contribution is 0.442. The number of nitrogens with one attached hydrogen (secondary N) is 2. The van der Waals surface area contributed by atoms with Crippen LogP contribution in [0.4, 0.5) is 11.6 Å². The molecule has 0 atom stereocenters. The number of nitrogens with zero attached hydrogens (tertiary/aromatic N) is 5. The van der Waals surface area contributed by atoms with Crippen molar-refractivity contribution in [1.29, 1.82) is 0 Å². The van der Waals surface area contributed by atoms with Gasteiger partial charge >= 0.3 is 0 Å². The number of rotatable bonds is 8. The van der Waals surface area contributed by atoms with Crippen LogP contribution < -0.4 is 15.5 Å². The Hall–Kier alpha value is -3.58. The number of hydrogen-bond acceptors (Lipinski definition) is 7. The zero-order valence-corrected chi connectivity index (χ0v) is 19.7. The molecule has 2 N–H and O–H groups in total. The van der Waals surface area contributed by atoms with Crippen LogP contribution in [0.25, 0.3) is 22.3 Å². The van der Waals surface area contributed by atoms with Crippen LogP contribution in [0.5, 0.6) is 0 Å². The molecule has 0 unspecified atom stereocenters. The van der Waals surface area contributed by atoms with Gasteiger partial charge in [-0.15, -0.1) is 0 Å². The largest absolute Gasteiger partial charge is 0.356 e. The summed E-state index contributed by atoms with van der Waals surface area (Å²) in [7, 11) is 2.17. The van der Waals surface area contributed by atoms with Gasteiger partial charge in [0.15, 0.2) is 5.82 Å². The smallest absolute Gasteiger partial charge is 0.162 e. The van der Waals surface area contributed by atoms with E-state index in [1.807, 2.05) is 36.7 Å². The zero-order valence-electron chi connectivity index (χ0n) is 19.7. The molecule has 1 saturated heterocycles. The highest BCUT2D eigenvalue weighted by molar-refractivity contribution is 5.94. The van der Waals surface area contributed by atoms with Gasteiger partial charge in [0.1, 0.15) is 11.6 Å². The number of pyridine rings is 2. The molecule has 0 amide bonds. The first kappa shape index (κ1) is 22.2. The number of piperidine rings is 1. The first-order chi connectivity index (χ1) is 16.6. The van der Waals surface area contributed by atoms with Crippen molar-refractivity contribution in [2.24, 2.45) is 0 Å². The van der Waals surface area contributed by atoms with E-state index in [-0.39, 0.29) is 0 Å². The summed E-state index contributed by atoms with van der Waals surface area (Å²) in [6, 6.07) is 4.35. The van der Waals surface area contributed by atoms with Crippen molar-refractivity contribution in [3.8, 4) is 11.4 Å². The molecule has 7 nitrogen and oxygen atoms in total. The van der Waals surface area contributed by atoms with Crippen LogP contribution >= 0.6 is 0 Å². The summed E-state index contributed by atoms with van der Waals surface area (Å²) >= 11 is 0. The van der Waals surface area contributed by atoms with Gasteiger partial charge in [0.25, 0.3) is 0 Å². The van der Waals surface area contributed by atoms with E-state index in [4.69, 9.17) is 9.97 Å². The summed E-state index contributed by atoms with van der Waals surface area (Å²) < 4.78 is 0. The molecule has 0 aromatic carbocycles. The highest BCUT2D eigenvalue weighted by Gasteiger charge is 2.30. The molecule has 0 spiro atoms. The average molecular weight is 454 g/mol. The lowest BCUT2D eigenvalue weighted by Crippen LogP contribution is -2.41. The van der Waals surface area contributed by atoms with Crippen LogP contribution in [0.3, 0.4) is 0 Å². The monoisotopic (exact) mass is 453 g/mol. The Morgan fingerprint density at radius 2 is 2.00 bits per heavy atom. The van der Waals surface area contributed by atoms with Crippen LogP contribution in [-0.2, 0) is 0 Å². The van der Waals surface area contributed by atoms with Gasteiger partial charge in [-0.25, -0.2) is 15.0 Å². The van der Waals surface area contributed by atoms with Gasteiger partial charge in [-0.05, 0) is 68.5 Å². The number of hydrogen-bond donors (Lipinski definition) is 2. The van der Waals surface area contributed by atoms with Crippen molar-refractivity contribution in [2.45, 2.75) is 37.6 Å². The fraction of sp³-hybridized carbons (Fsp3) is 0.333. The zero-order chi connectivity index (χ0) is 23.5. The standard InChI is InChI=1S/C27H31N7/c1-4-5-6-18(2)31-24-15-20(9-14-30-24)26-32-23-17-29-16-22(19-7-8-19)25(23)27(33-26)34(3)21-10-12-28-13-11-21/h4-6,9,14-17,19,21,28H,1-2,7-8,10-13H2,3H3,(H,30,31)/b6-5-. The second-order valence-electron chi connectivity index (χ2n) is 9.03. The Bertz CT molecular complexity index is 1240. The molecule has 5 rings (SSSR count). The number of allylic oxidation sites excluding steroid dienone is 3. The third-order valence-corrected chi connectivity index (χ3v) is 6.56. The lowest BCUT2D eigenvalue weighted by atomic mass is 10.0. The van der Waals surface area contributed by atoms with Crippen molar-refractivity contribution >= 4 is 22.5 Å². The van der Waals surface area contributed by atoms with E-state index in [0.717, 1.165) is 53.9 Å². The molecule has 0 bridgehead atoms. The van der Waals surface area contributed by atoms with E-state index in [2.05, 4.69) is 45.7 Å². The Kier molecular flexibility index (Phi) is 6.36. The van der Waals surface area contributed by atoms with E-state index in [1.165, 1.54) is 18.4 Å². The van der Waals surface area contributed by atoms with E-state index in [1.54, 1.807) is 12.3 Å². The molecule has 34 heavy (non-hydrogen) atoms. The molecule has 3 aromatic rings. The molecule has 2 aliphatic rings. The minimum Gasteiger partial charge on any atom is -0.356 e. The highest BCUT2D eigenvalue weighted by Crippen LogP contribution is 2.45. The second kappa shape index (κ2) is 9.73. The molecule has 1 saturated carbocycles. The third-order valence-electron chi connectivity index (χ3n) is 6.56. The summed E-state index contributed by atoms with van der Waals surface area (Å²) in [5.74, 6) is 2.94. The third kappa shape index (κ3) is 4.70. The van der Waals surface area contributed by atoms with Crippen LogP contribution in [0.2, 0.25) is 0 Å². The van der Waals surface area contributed by atoms with Gasteiger partial charge in [0.05, 0.1) is 11.7 Å². The quantitative estimate of drug-likeness (QED) is 0.473. The topological polar surface area (TPSA) is 78.9 Å². The van der Waals surface area contributed by atoms with Gasteiger partial charge in [-0.3, -0.25) is 4.98 Å². The molecule has 3 aromatic heterocycles. The molecular formula is C27H31N7. The van der Waals surface area contributed by atoms with Crippen molar-refractivity contribution < 1.29 is 0 Å². The SMILES string of the molecule is C=C/C=C\C(=C)Nc1cc(-c2nc(N(C)C3CCNCC3)c3c(C4CC4)cncc3n2)ccn1. The number of fused-ring (bicyclic) bond motifs is 1.